The van der Waals surface area contributed by atoms with E-state index < -0.39 is 11.6 Å². The summed E-state index contributed by atoms with van der Waals surface area (Å²) in [5.74, 6) is -1.71. The highest BCUT2D eigenvalue weighted by molar-refractivity contribution is 5.76. The van der Waals surface area contributed by atoms with Gasteiger partial charge >= 0.3 is 0 Å². The van der Waals surface area contributed by atoms with Crippen LogP contribution in [0.2, 0.25) is 0 Å². The maximum absolute atomic E-state index is 12.9. The first-order valence-electron chi connectivity index (χ1n) is 6.47. The van der Waals surface area contributed by atoms with Crippen LogP contribution in [0.25, 0.3) is 0 Å². The molecule has 106 valence electrons. The highest BCUT2D eigenvalue weighted by atomic mass is 19.2. The van der Waals surface area contributed by atoms with Gasteiger partial charge in [0.25, 0.3) is 0 Å². The van der Waals surface area contributed by atoms with Crippen molar-refractivity contribution >= 4 is 5.91 Å². The van der Waals surface area contributed by atoms with Crippen LogP contribution < -0.4 is 10.6 Å². The third-order valence-corrected chi connectivity index (χ3v) is 2.86. The van der Waals surface area contributed by atoms with Gasteiger partial charge in [-0.25, -0.2) is 8.78 Å². The van der Waals surface area contributed by atoms with Crippen molar-refractivity contribution in [2.24, 2.45) is 0 Å². The minimum absolute atomic E-state index is 0.00728. The number of amides is 1. The second-order valence-electron chi connectivity index (χ2n) is 4.55. The van der Waals surface area contributed by atoms with Crippen LogP contribution in [0, 0.1) is 11.6 Å². The molecule has 0 fully saturated rings. The van der Waals surface area contributed by atoms with Gasteiger partial charge in [0, 0.05) is 25.6 Å². The second-order valence-corrected chi connectivity index (χ2v) is 4.55. The van der Waals surface area contributed by atoms with Crippen molar-refractivity contribution in [3.8, 4) is 0 Å². The Balaban J connectivity index is 2.23. The summed E-state index contributed by atoms with van der Waals surface area (Å²) >= 11 is 0. The van der Waals surface area contributed by atoms with Crippen LogP contribution in [0.15, 0.2) is 18.2 Å². The van der Waals surface area contributed by atoms with Crippen LogP contribution in [0.4, 0.5) is 8.78 Å². The third-order valence-electron chi connectivity index (χ3n) is 2.86. The molecule has 1 amide bonds. The van der Waals surface area contributed by atoms with Crippen molar-refractivity contribution in [2.45, 2.75) is 39.3 Å². The van der Waals surface area contributed by atoms with Crippen molar-refractivity contribution in [3.63, 3.8) is 0 Å². The quantitative estimate of drug-likeness (QED) is 0.747. The van der Waals surface area contributed by atoms with E-state index in [1.807, 2.05) is 13.8 Å². The van der Waals surface area contributed by atoms with Crippen molar-refractivity contribution < 1.29 is 13.6 Å². The molecule has 0 bridgehead atoms. The molecule has 0 aliphatic rings. The van der Waals surface area contributed by atoms with Crippen LogP contribution >= 0.6 is 0 Å². The second kappa shape index (κ2) is 7.84. The van der Waals surface area contributed by atoms with Gasteiger partial charge in [-0.15, -0.1) is 0 Å². The van der Waals surface area contributed by atoms with Crippen molar-refractivity contribution in [1.82, 2.24) is 10.6 Å². The monoisotopic (exact) mass is 270 g/mol. The molecule has 0 aromatic heterocycles. The molecule has 0 saturated heterocycles. The van der Waals surface area contributed by atoms with Crippen LogP contribution in [-0.4, -0.2) is 18.5 Å². The summed E-state index contributed by atoms with van der Waals surface area (Å²) in [6.07, 6.45) is 1.27. The number of nitrogens with one attached hydrogen (secondary N) is 2. The lowest BCUT2D eigenvalue weighted by molar-refractivity contribution is -0.121. The first-order valence-corrected chi connectivity index (χ1v) is 6.47. The van der Waals surface area contributed by atoms with Gasteiger partial charge in [-0.2, -0.15) is 0 Å². The van der Waals surface area contributed by atoms with E-state index in [4.69, 9.17) is 0 Å². The number of carbonyl (C=O) groups is 1. The number of halogens is 2. The molecule has 2 N–H and O–H groups in total. The van der Waals surface area contributed by atoms with Crippen LogP contribution in [0.5, 0.6) is 0 Å². The first-order chi connectivity index (χ1) is 9.02. The zero-order chi connectivity index (χ0) is 14.3. The molecule has 19 heavy (non-hydrogen) atoms. The molecule has 0 saturated carbocycles. The Morgan fingerprint density at radius 3 is 2.68 bits per heavy atom. The van der Waals surface area contributed by atoms with E-state index in [1.165, 1.54) is 6.07 Å². The number of hydrogen-bond acceptors (Lipinski definition) is 2. The van der Waals surface area contributed by atoms with E-state index in [0.717, 1.165) is 18.6 Å². The van der Waals surface area contributed by atoms with E-state index in [9.17, 15) is 13.6 Å². The standard InChI is InChI=1S/C14H20F2N2O/c1-3-10(2)18-14(19)6-7-17-9-11-4-5-12(15)13(16)8-11/h4-5,8,10,17H,3,6-7,9H2,1-2H3,(H,18,19). The molecule has 0 heterocycles. The highest BCUT2D eigenvalue weighted by Gasteiger charge is 2.05. The molecular weight excluding hydrogens is 250 g/mol. The van der Waals surface area contributed by atoms with Gasteiger partial charge in [-0.05, 0) is 31.0 Å². The van der Waals surface area contributed by atoms with E-state index in [1.54, 1.807) is 0 Å². The summed E-state index contributed by atoms with van der Waals surface area (Å²) < 4.78 is 25.6. The normalized spacial score (nSPS) is 12.2. The third kappa shape index (κ3) is 5.79. The lowest BCUT2D eigenvalue weighted by Gasteiger charge is -2.11. The average Bonchev–Trinajstić information content (AvgIpc) is 2.38. The molecule has 0 radical (unpaired) electrons. The van der Waals surface area contributed by atoms with Crippen LogP contribution in [0.1, 0.15) is 32.3 Å². The molecule has 1 atom stereocenters. The van der Waals surface area contributed by atoms with Gasteiger partial charge in [0.1, 0.15) is 0 Å². The minimum atomic E-state index is -0.853. The summed E-state index contributed by atoms with van der Waals surface area (Å²) in [6, 6.07) is 3.95. The SMILES string of the molecule is CCC(C)NC(=O)CCNCc1ccc(F)c(F)c1. The van der Waals surface area contributed by atoms with E-state index in [2.05, 4.69) is 10.6 Å². The van der Waals surface area contributed by atoms with Crippen molar-refractivity contribution in [1.29, 1.82) is 0 Å². The molecule has 1 unspecified atom stereocenters. The smallest absolute Gasteiger partial charge is 0.221 e. The first kappa shape index (κ1) is 15.6. The Morgan fingerprint density at radius 2 is 2.05 bits per heavy atom. The number of hydrogen-bond donors (Lipinski definition) is 2. The van der Waals surface area contributed by atoms with Gasteiger partial charge in [0.15, 0.2) is 11.6 Å². The Morgan fingerprint density at radius 1 is 1.32 bits per heavy atom. The molecular formula is C14H20F2N2O. The van der Waals surface area contributed by atoms with E-state index >= 15 is 0 Å². The molecule has 1 aromatic carbocycles. The molecule has 1 rings (SSSR count). The Hall–Kier alpha value is -1.49. The number of rotatable bonds is 7. The number of carbonyl (C=O) groups excluding carboxylic acids is 1. The number of benzene rings is 1. The Labute approximate surface area is 112 Å². The molecule has 0 aliphatic heterocycles. The summed E-state index contributed by atoms with van der Waals surface area (Å²) in [4.78, 5) is 11.5. The lowest BCUT2D eigenvalue weighted by Crippen LogP contribution is -2.33. The summed E-state index contributed by atoms with van der Waals surface area (Å²) in [6.45, 7) is 4.87. The largest absolute Gasteiger partial charge is 0.354 e. The summed E-state index contributed by atoms with van der Waals surface area (Å²) in [5.41, 5.74) is 0.654. The van der Waals surface area contributed by atoms with Gasteiger partial charge in [0.2, 0.25) is 5.91 Å². The maximum Gasteiger partial charge on any atom is 0.221 e. The zero-order valence-corrected chi connectivity index (χ0v) is 11.3. The molecule has 3 nitrogen and oxygen atoms in total. The van der Waals surface area contributed by atoms with Crippen molar-refractivity contribution in [2.75, 3.05) is 6.54 Å². The van der Waals surface area contributed by atoms with Crippen molar-refractivity contribution in [3.05, 3.63) is 35.4 Å². The molecule has 5 heteroatoms. The minimum Gasteiger partial charge on any atom is -0.354 e. The van der Waals surface area contributed by atoms with Crippen LogP contribution in [0.3, 0.4) is 0 Å². The predicted molar refractivity (Wildman–Crippen MR) is 70.6 cm³/mol. The molecule has 1 aromatic rings. The van der Waals surface area contributed by atoms with Crippen LogP contribution in [-0.2, 0) is 11.3 Å². The van der Waals surface area contributed by atoms with Gasteiger partial charge in [-0.1, -0.05) is 13.0 Å². The van der Waals surface area contributed by atoms with Gasteiger partial charge < -0.3 is 10.6 Å². The maximum atomic E-state index is 12.9. The van der Waals surface area contributed by atoms with Gasteiger partial charge in [-0.3, -0.25) is 4.79 Å². The lowest BCUT2D eigenvalue weighted by atomic mass is 10.2. The highest BCUT2D eigenvalue weighted by Crippen LogP contribution is 2.08. The fourth-order valence-corrected chi connectivity index (χ4v) is 1.53. The fourth-order valence-electron chi connectivity index (χ4n) is 1.53. The summed E-state index contributed by atoms with van der Waals surface area (Å²) in [5, 5.41) is 5.88. The Kier molecular flexibility index (Phi) is 6.42. The topological polar surface area (TPSA) is 41.1 Å². The Bertz CT molecular complexity index is 424. The van der Waals surface area contributed by atoms with E-state index in [0.29, 0.717) is 25.1 Å². The zero-order valence-electron chi connectivity index (χ0n) is 11.3. The predicted octanol–water partition coefficient (Wildman–Crippen LogP) is 2.36. The fraction of sp³-hybridized carbons (Fsp3) is 0.500. The van der Waals surface area contributed by atoms with E-state index in [-0.39, 0.29) is 11.9 Å². The summed E-state index contributed by atoms with van der Waals surface area (Å²) in [7, 11) is 0. The average molecular weight is 270 g/mol. The van der Waals surface area contributed by atoms with Gasteiger partial charge in [0.05, 0.1) is 0 Å². The molecule has 0 aliphatic carbocycles. The molecule has 0 spiro atoms.